The maximum Gasteiger partial charge on any atom is 0.251 e. The smallest absolute Gasteiger partial charge is 0.251 e. The van der Waals surface area contributed by atoms with Gasteiger partial charge in [-0.25, -0.2) is 10.0 Å². The van der Waals surface area contributed by atoms with E-state index in [0.717, 1.165) is 6.42 Å². The zero-order valence-corrected chi connectivity index (χ0v) is 20.4. The molecule has 0 bridgehead atoms. The Balaban J connectivity index is 1.74. The van der Waals surface area contributed by atoms with Gasteiger partial charge in [-0.3, -0.25) is 14.5 Å². The van der Waals surface area contributed by atoms with Crippen molar-refractivity contribution in [2.45, 2.75) is 17.4 Å². The molecule has 2 atom stereocenters. The number of nitriles is 1. The van der Waals surface area contributed by atoms with Crippen LogP contribution >= 0.6 is 10.0 Å². The molecule has 0 aliphatic carbocycles. The van der Waals surface area contributed by atoms with Crippen LogP contribution in [-0.4, -0.2) is 62.2 Å². The Hall–Kier alpha value is -3.02. The first-order chi connectivity index (χ1) is 15.7. The van der Waals surface area contributed by atoms with Gasteiger partial charge in [-0.2, -0.15) is 5.26 Å². The molecule has 0 saturated carbocycles. The third-order valence-electron chi connectivity index (χ3n) is 5.67. The van der Waals surface area contributed by atoms with E-state index in [2.05, 4.69) is 35.5 Å². The highest BCUT2D eigenvalue weighted by Crippen LogP contribution is 2.45. The molecular weight excluding hydrogens is 436 g/mol. The van der Waals surface area contributed by atoms with E-state index in [1.807, 2.05) is 29.2 Å². The fraction of sp³-hybridized carbons (Fsp3) is 0.400. The maximum atomic E-state index is 13.2. The van der Waals surface area contributed by atoms with Gasteiger partial charge in [0, 0.05) is 18.8 Å². The molecule has 0 aromatic heterocycles. The molecule has 176 valence electrons. The number of methoxy groups -OCH3 is 1. The SMILES string of the molecule is COc1ccc(C(NC(=O)CN2CCC(C#N)C2)C(=O)Nc2ccc(S(C)(C)C)cc2)cc1. The Labute approximate surface area is 197 Å². The van der Waals surface area contributed by atoms with Crippen molar-refractivity contribution in [2.24, 2.45) is 5.92 Å². The van der Waals surface area contributed by atoms with Gasteiger partial charge in [0.2, 0.25) is 5.91 Å². The Bertz CT molecular complexity index is 1010. The standard InChI is InChI=1S/C25H32N4O3S/c1-32-21-9-5-19(6-10-21)24(28-23(30)17-29-14-13-18(15-26)16-29)25(31)27-20-7-11-22(12-8-20)33(2,3)4/h5-12,18,24H,13-14,16-17H2,1-4H3,(H,27,31)(H,28,30). The van der Waals surface area contributed by atoms with Crippen LogP contribution in [0.4, 0.5) is 5.69 Å². The van der Waals surface area contributed by atoms with Crippen molar-refractivity contribution in [2.75, 3.05) is 50.8 Å². The number of hydrogen-bond donors (Lipinski definition) is 2. The second-order valence-corrected chi connectivity index (χ2v) is 13.1. The van der Waals surface area contributed by atoms with Crippen LogP contribution in [0, 0.1) is 17.2 Å². The van der Waals surface area contributed by atoms with E-state index in [1.165, 1.54) is 4.90 Å². The Kier molecular flexibility index (Phi) is 8.01. The lowest BCUT2D eigenvalue weighted by Gasteiger charge is -2.26. The minimum Gasteiger partial charge on any atom is -0.497 e. The Morgan fingerprint density at radius 2 is 1.82 bits per heavy atom. The lowest BCUT2D eigenvalue weighted by atomic mass is 10.1. The highest BCUT2D eigenvalue weighted by Gasteiger charge is 2.27. The number of hydrogen-bond acceptors (Lipinski definition) is 5. The van der Waals surface area contributed by atoms with Gasteiger partial charge in [-0.15, -0.1) is 0 Å². The minimum atomic E-state index is -0.856. The van der Waals surface area contributed by atoms with E-state index in [9.17, 15) is 9.59 Å². The second kappa shape index (κ2) is 10.7. The van der Waals surface area contributed by atoms with Gasteiger partial charge in [0.15, 0.2) is 0 Å². The third-order valence-corrected chi connectivity index (χ3v) is 7.35. The van der Waals surface area contributed by atoms with E-state index in [0.29, 0.717) is 30.1 Å². The predicted octanol–water partition coefficient (Wildman–Crippen LogP) is 3.39. The van der Waals surface area contributed by atoms with Gasteiger partial charge in [-0.05, 0) is 72.0 Å². The zero-order valence-electron chi connectivity index (χ0n) is 19.6. The summed E-state index contributed by atoms with van der Waals surface area (Å²) in [4.78, 5) is 29.2. The lowest BCUT2D eigenvalue weighted by molar-refractivity contribution is -0.127. The van der Waals surface area contributed by atoms with Gasteiger partial charge in [0.25, 0.3) is 5.91 Å². The van der Waals surface area contributed by atoms with Crippen LogP contribution in [0.3, 0.4) is 0 Å². The normalized spacial score (nSPS) is 17.6. The summed E-state index contributed by atoms with van der Waals surface area (Å²) in [5, 5.41) is 14.9. The number of rotatable bonds is 8. The van der Waals surface area contributed by atoms with E-state index in [1.54, 1.807) is 31.4 Å². The molecule has 8 heteroatoms. The number of amides is 2. The fourth-order valence-electron chi connectivity index (χ4n) is 3.75. The molecule has 1 saturated heterocycles. The van der Waals surface area contributed by atoms with Crippen LogP contribution in [0.25, 0.3) is 0 Å². The van der Waals surface area contributed by atoms with E-state index in [4.69, 9.17) is 10.00 Å². The average molecular weight is 469 g/mol. The average Bonchev–Trinajstić information content (AvgIpc) is 3.24. The summed E-state index contributed by atoms with van der Waals surface area (Å²) in [6.45, 7) is 1.43. The zero-order chi connectivity index (χ0) is 24.0. The highest BCUT2D eigenvalue weighted by atomic mass is 32.3. The van der Waals surface area contributed by atoms with Crippen molar-refractivity contribution >= 4 is 27.5 Å². The summed E-state index contributed by atoms with van der Waals surface area (Å²) in [7, 11) is 0.724. The summed E-state index contributed by atoms with van der Waals surface area (Å²) in [6.07, 6.45) is 7.41. The molecule has 2 amide bonds. The van der Waals surface area contributed by atoms with Gasteiger partial charge >= 0.3 is 0 Å². The quantitative estimate of drug-likeness (QED) is 0.619. The number of anilines is 1. The summed E-state index contributed by atoms with van der Waals surface area (Å²) in [5.74, 6) is 0.0532. The van der Waals surface area contributed by atoms with Crippen molar-refractivity contribution in [3.8, 4) is 11.8 Å². The van der Waals surface area contributed by atoms with Gasteiger partial charge in [-0.1, -0.05) is 12.1 Å². The maximum absolute atomic E-state index is 13.2. The van der Waals surface area contributed by atoms with Crippen LogP contribution in [0.2, 0.25) is 0 Å². The third kappa shape index (κ3) is 6.73. The van der Waals surface area contributed by atoms with Gasteiger partial charge < -0.3 is 15.4 Å². The van der Waals surface area contributed by atoms with Crippen molar-refractivity contribution < 1.29 is 14.3 Å². The van der Waals surface area contributed by atoms with Crippen LogP contribution in [-0.2, 0) is 9.59 Å². The number of carbonyl (C=O) groups is 2. The van der Waals surface area contributed by atoms with Crippen molar-refractivity contribution in [3.05, 3.63) is 54.1 Å². The predicted molar refractivity (Wildman–Crippen MR) is 133 cm³/mol. The topological polar surface area (TPSA) is 94.5 Å². The molecule has 1 fully saturated rings. The summed E-state index contributed by atoms with van der Waals surface area (Å²) < 4.78 is 5.22. The van der Waals surface area contributed by atoms with Crippen molar-refractivity contribution in [1.82, 2.24) is 10.2 Å². The molecule has 1 aliphatic rings. The van der Waals surface area contributed by atoms with E-state index < -0.39 is 16.1 Å². The van der Waals surface area contributed by atoms with E-state index in [-0.39, 0.29) is 24.3 Å². The van der Waals surface area contributed by atoms with Crippen LogP contribution in [0.5, 0.6) is 5.75 Å². The molecule has 7 nitrogen and oxygen atoms in total. The minimum absolute atomic E-state index is 0.0450. The fourth-order valence-corrected chi connectivity index (χ4v) is 4.70. The molecular formula is C25H32N4O3S. The molecule has 0 spiro atoms. The molecule has 1 heterocycles. The van der Waals surface area contributed by atoms with Gasteiger partial charge in [0.1, 0.15) is 11.8 Å². The number of nitrogens with zero attached hydrogens (tertiary/aromatic N) is 2. The number of benzene rings is 2. The lowest BCUT2D eigenvalue weighted by Crippen LogP contribution is -2.42. The number of likely N-dealkylation sites (tertiary alicyclic amines) is 1. The van der Waals surface area contributed by atoms with Crippen molar-refractivity contribution in [1.29, 1.82) is 5.26 Å². The first-order valence-corrected chi connectivity index (χ1v) is 13.7. The molecule has 2 aromatic rings. The van der Waals surface area contributed by atoms with Gasteiger partial charge in [0.05, 0.1) is 25.6 Å². The number of nitrogens with one attached hydrogen (secondary N) is 2. The first-order valence-electron chi connectivity index (χ1n) is 10.8. The number of ether oxygens (including phenoxy) is 1. The molecule has 2 aromatic carbocycles. The molecule has 33 heavy (non-hydrogen) atoms. The molecule has 1 aliphatic heterocycles. The van der Waals surface area contributed by atoms with E-state index >= 15 is 0 Å². The highest BCUT2D eigenvalue weighted by molar-refractivity contribution is 8.32. The largest absolute Gasteiger partial charge is 0.497 e. The summed E-state index contributed by atoms with van der Waals surface area (Å²) in [5.41, 5.74) is 1.34. The van der Waals surface area contributed by atoms with Crippen LogP contribution in [0.15, 0.2) is 53.4 Å². The molecule has 2 unspecified atom stereocenters. The molecule has 3 rings (SSSR count). The molecule has 2 N–H and O–H groups in total. The monoisotopic (exact) mass is 468 g/mol. The first kappa shape index (κ1) is 24.6. The van der Waals surface area contributed by atoms with Crippen molar-refractivity contribution in [3.63, 3.8) is 0 Å². The summed E-state index contributed by atoms with van der Waals surface area (Å²) in [6, 6.07) is 16.3. The Morgan fingerprint density at radius 3 is 2.36 bits per heavy atom. The Morgan fingerprint density at radius 1 is 1.15 bits per heavy atom. The number of carbonyl (C=O) groups excluding carboxylic acids is 2. The molecule has 0 radical (unpaired) electrons. The summed E-state index contributed by atoms with van der Waals surface area (Å²) >= 11 is 0. The van der Waals surface area contributed by atoms with Crippen LogP contribution in [0.1, 0.15) is 18.0 Å². The second-order valence-electron chi connectivity index (χ2n) is 8.97. The van der Waals surface area contributed by atoms with Crippen LogP contribution < -0.4 is 15.4 Å².